The molecule has 4 rings (SSSR count). The third kappa shape index (κ3) is 2.73. The predicted molar refractivity (Wildman–Crippen MR) is 88.7 cm³/mol. The molecule has 1 N–H and O–H groups in total. The summed E-state index contributed by atoms with van der Waals surface area (Å²) >= 11 is -0.151. The molecule has 0 bridgehead atoms. The van der Waals surface area contributed by atoms with Crippen LogP contribution in [0, 0.1) is 13.8 Å². The summed E-state index contributed by atoms with van der Waals surface area (Å²) in [6, 6.07) is 1.67. The number of aromatic nitrogens is 3. The summed E-state index contributed by atoms with van der Waals surface area (Å²) in [4.78, 5) is 21.4. The van der Waals surface area contributed by atoms with Gasteiger partial charge in [0.25, 0.3) is 0 Å². The predicted octanol–water partition coefficient (Wildman–Crippen LogP) is 2.38. The third-order valence-corrected chi connectivity index (χ3v) is 7.32. The number of furan rings is 1. The molecule has 3 aromatic heterocycles. The molecule has 0 aromatic carbocycles. The van der Waals surface area contributed by atoms with E-state index in [4.69, 9.17) is 8.94 Å². The second kappa shape index (κ2) is 5.45. The van der Waals surface area contributed by atoms with Gasteiger partial charge < -0.3 is 0 Å². The van der Waals surface area contributed by atoms with Crippen molar-refractivity contribution in [1.29, 1.82) is 0 Å². The van der Waals surface area contributed by atoms with Crippen LogP contribution >= 0.6 is 0 Å². The van der Waals surface area contributed by atoms with Crippen LogP contribution in [-0.2, 0) is 0 Å². The van der Waals surface area contributed by atoms with Gasteiger partial charge in [0.15, 0.2) is 0 Å². The van der Waals surface area contributed by atoms with Crippen LogP contribution in [0.1, 0.15) is 41.6 Å². The number of hydrogen-bond donors (Lipinski definition) is 1. The van der Waals surface area contributed by atoms with Crippen LogP contribution in [-0.4, -0.2) is 36.8 Å². The van der Waals surface area contributed by atoms with Gasteiger partial charge in [0.1, 0.15) is 0 Å². The Labute approximate surface area is 144 Å². The molecule has 1 fully saturated rings. The second-order valence-corrected chi connectivity index (χ2v) is 9.92. The number of hydrogen-bond acceptors (Lipinski definition) is 6. The summed E-state index contributed by atoms with van der Waals surface area (Å²) in [5.41, 5.74) is 0.958. The SMILES string of the molecule is Cc1cc(NC(=O)c2c(C)oc3ncnc([As]C4(C)CC4)c23)no1. The number of carbonyl (C=O) groups excluding carboxylic acids is 1. The fourth-order valence-electron chi connectivity index (χ4n) is 2.54. The van der Waals surface area contributed by atoms with E-state index in [0.717, 1.165) is 9.87 Å². The molecule has 1 radical (unpaired) electrons. The van der Waals surface area contributed by atoms with E-state index in [1.54, 1.807) is 19.9 Å². The fourth-order valence-corrected chi connectivity index (χ4v) is 5.22. The van der Waals surface area contributed by atoms with E-state index in [1.165, 1.54) is 19.2 Å². The van der Waals surface area contributed by atoms with Crippen molar-refractivity contribution in [1.82, 2.24) is 15.1 Å². The van der Waals surface area contributed by atoms with E-state index in [1.807, 2.05) is 0 Å². The molecule has 1 aliphatic rings. The molecule has 8 heteroatoms. The fraction of sp³-hybridized carbons (Fsp3) is 0.375. The quantitative estimate of drug-likeness (QED) is 0.691. The number of amides is 1. The molecular formula is C16H16AsN4O3. The number of nitrogens with zero attached hydrogens (tertiary/aromatic N) is 3. The standard InChI is InChI=1S/C16H16AsN4O3/c1-8-6-10(21-24-8)20-14(22)11-9(2)23-15-12(11)13(18-7-19-15)17-16(3)4-5-16/h6-7H,4-5H2,1-3H3,(H,20,21,22). The van der Waals surface area contributed by atoms with Gasteiger partial charge in [0.05, 0.1) is 0 Å². The van der Waals surface area contributed by atoms with Gasteiger partial charge in [-0.25, -0.2) is 0 Å². The second-order valence-electron chi connectivity index (χ2n) is 6.30. The first-order chi connectivity index (χ1) is 11.5. The van der Waals surface area contributed by atoms with Gasteiger partial charge in [-0.2, -0.15) is 0 Å². The zero-order valence-corrected chi connectivity index (χ0v) is 15.5. The molecular weight excluding hydrogens is 371 g/mol. The molecule has 1 saturated carbocycles. The molecule has 3 heterocycles. The molecule has 0 atom stereocenters. The van der Waals surface area contributed by atoms with Gasteiger partial charge in [-0.15, -0.1) is 0 Å². The average molecular weight is 387 g/mol. The minimum absolute atomic E-state index is 0.151. The summed E-state index contributed by atoms with van der Waals surface area (Å²) in [6.07, 6.45) is 3.95. The number of carbonyl (C=O) groups is 1. The van der Waals surface area contributed by atoms with Crippen LogP contribution in [0.3, 0.4) is 0 Å². The van der Waals surface area contributed by atoms with Crippen molar-refractivity contribution in [3.63, 3.8) is 0 Å². The maximum absolute atomic E-state index is 12.8. The van der Waals surface area contributed by atoms with Gasteiger partial charge in [-0.1, -0.05) is 0 Å². The Bertz CT molecular complexity index is 942. The number of nitrogens with one attached hydrogen (secondary N) is 1. The Balaban J connectivity index is 1.76. The van der Waals surface area contributed by atoms with Gasteiger partial charge in [0, 0.05) is 0 Å². The molecule has 0 unspecified atom stereocenters. The van der Waals surface area contributed by atoms with Crippen molar-refractivity contribution in [2.75, 3.05) is 5.32 Å². The van der Waals surface area contributed by atoms with Gasteiger partial charge >= 0.3 is 145 Å². The van der Waals surface area contributed by atoms with Gasteiger partial charge in [-0.3, -0.25) is 0 Å². The van der Waals surface area contributed by atoms with E-state index in [0.29, 0.717) is 32.8 Å². The Hall–Kier alpha value is -2.14. The van der Waals surface area contributed by atoms with Crippen LogP contribution in [0.5, 0.6) is 0 Å². The summed E-state index contributed by atoms with van der Waals surface area (Å²) < 4.78 is 12.0. The molecule has 7 nitrogen and oxygen atoms in total. The van der Waals surface area contributed by atoms with Crippen molar-refractivity contribution in [2.45, 2.75) is 37.8 Å². The molecule has 0 spiro atoms. The van der Waals surface area contributed by atoms with Gasteiger partial charge in [-0.05, 0) is 0 Å². The molecule has 3 aromatic rings. The first kappa shape index (κ1) is 15.4. The van der Waals surface area contributed by atoms with E-state index < -0.39 is 0 Å². The van der Waals surface area contributed by atoms with Gasteiger partial charge in [0.2, 0.25) is 0 Å². The Kier molecular flexibility index (Phi) is 3.49. The Morgan fingerprint density at radius 1 is 1.33 bits per heavy atom. The first-order valence-corrected chi connectivity index (χ1v) is 9.54. The molecule has 1 aliphatic carbocycles. The number of anilines is 1. The van der Waals surface area contributed by atoms with Crippen molar-refractivity contribution in [3.8, 4) is 0 Å². The van der Waals surface area contributed by atoms with Crippen molar-refractivity contribution >= 4 is 43.1 Å². The molecule has 1 amide bonds. The normalized spacial score (nSPS) is 16.1. The molecule has 0 saturated heterocycles. The van der Waals surface area contributed by atoms with Crippen LogP contribution in [0.2, 0.25) is 4.20 Å². The summed E-state index contributed by atoms with van der Waals surface area (Å²) in [7, 11) is 0. The Morgan fingerprint density at radius 3 is 2.79 bits per heavy atom. The summed E-state index contributed by atoms with van der Waals surface area (Å²) in [5.74, 6) is 1.27. The first-order valence-electron chi connectivity index (χ1n) is 7.67. The zero-order chi connectivity index (χ0) is 16.9. The summed E-state index contributed by atoms with van der Waals surface area (Å²) in [5, 5.41) is 7.30. The van der Waals surface area contributed by atoms with Crippen LogP contribution in [0.4, 0.5) is 5.82 Å². The van der Waals surface area contributed by atoms with E-state index in [-0.39, 0.29) is 21.7 Å². The number of rotatable bonds is 4. The molecule has 24 heavy (non-hydrogen) atoms. The number of aryl methyl sites for hydroxylation is 2. The van der Waals surface area contributed by atoms with Crippen LogP contribution in [0.15, 0.2) is 21.3 Å². The van der Waals surface area contributed by atoms with Crippen molar-refractivity contribution in [3.05, 3.63) is 29.5 Å². The zero-order valence-electron chi connectivity index (χ0n) is 13.6. The minimum atomic E-state index is -0.280. The van der Waals surface area contributed by atoms with Crippen LogP contribution < -0.4 is 9.80 Å². The topological polar surface area (TPSA) is 94.1 Å². The Morgan fingerprint density at radius 2 is 2.12 bits per heavy atom. The monoisotopic (exact) mass is 387 g/mol. The van der Waals surface area contributed by atoms with E-state index >= 15 is 0 Å². The average Bonchev–Trinajstić information content (AvgIpc) is 2.94. The van der Waals surface area contributed by atoms with Crippen molar-refractivity contribution < 1.29 is 13.7 Å². The molecule has 0 aliphatic heterocycles. The number of fused-ring (bicyclic) bond motifs is 1. The van der Waals surface area contributed by atoms with Crippen LogP contribution in [0.25, 0.3) is 11.1 Å². The van der Waals surface area contributed by atoms with Crippen molar-refractivity contribution in [2.24, 2.45) is 0 Å². The maximum atomic E-state index is 12.8. The summed E-state index contributed by atoms with van der Waals surface area (Å²) in [6.45, 7) is 5.81. The molecule has 123 valence electrons. The van der Waals surface area contributed by atoms with E-state index in [2.05, 4.69) is 27.4 Å². The third-order valence-electron chi connectivity index (χ3n) is 4.09. The van der Waals surface area contributed by atoms with E-state index in [9.17, 15) is 4.79 Å².